The Bertz CT molecular complexity index is 890. The molecule has 0 amide bonds. The van der Waals surface area contributed by atoms with Crippen LogP contribution in [0.1, 0.15) is 4.88 Å². The van der Waals surface area contributed by atoms with Gasteiger partial charge in [-0.1, -0.05) is 6.07 Å². The lowest BCUT2D eigenvalue weighted by Crippen LogP contribution is -2.27. The summed E-state index contributed by atoms with van der Waals surface area (Å²) >= 11 is 1.56. The fourth-order valence-electron chi connectivity index (χ4n) is 2.36. The fraction of sp³-hybridized carbons (Fsp3) is 0.200. The van der Waals surface area contributed by atoms with E-state index in [2.05, 4.69) is 10.4 Å². The molecule has 3 aromatic rings. The molecule has 0 unspecified atom stereocenters. The van der Waals surface area contributed by atoms with Crippen molar-refractivity contribution in [3.63, 3.8) is 0 Å². The molecular weight excluding hydrogens is 316 g/mol. The zero-order valence-corrected chi connectivity index (χ0v) is 13.5. The third kappa shape index (κ3) is 2.73. The van der Waals surface area contributed by atoms with Gasteiger partial charge < -0.3 is 9.47 Å². The van der Waals surface area contributed by atoms with E-state index in [1.807, 2.05) is 17.5 Å². The molecule has 0 spiro atoms. The fourth-order valence-corrected chi connectivity index (χ4v) is 3.06. The second-order valence-corrected chi connectivity index (χ2v) is 5.81. The Balaban J connectivity index is 2.24. The first-order valence-corrected chi connectivity index (χ1v) is 7.71. The number of nitrogens with two attached hydrogens (primary N) is 1. The Morgan fingerprint density at radius 2 is 2.04 bits per heavy atom. The molecule has 0 aliphatic heterocycles. The van der Waals surface area contributed by atoms with E-state index in [0.717, 1.165) is 4.88 Å². The van der Waals surface area contributed by atoms with E-state index in [-0.39, 0.29) is 5.56 Å². The number of hydrogen-bond acceptors (Lipinski definition) is 7. The van der Waals surface area contributed by atoms with E-state index >= 15 is 0 Å². The smallest absolute Gasteiger partial charge is 0.263 e. The number of methoxy groups -OCH3 is 2. The molecule has 0 saturated carbocycles. The van der Waals surface area contributed by atoms with Crippen LogP contribution in [0.25, 0.3) is 10.9 Å². The molecule has 8 heteroatoms. The van der Waals surface area contributed by atoms with Gasteiger partial charge in [-0.3, -0.25) is 14.8 Å². The number of anilines is 1. The monoisotopic (exact) mass is 332 g/mol. The van der Waals surface area contributed by atoms with E-state index in [1.165, 1.54) is 18.8 Å². The number of hydrogen-bond donors (Lipinski definition) is 2. The summed E-state index contributed by atoms with van der Waals surface area (Å²) in [4.78, 5) is 18.3. The maximum atomic E-state index is 12.8. The largest absolute Gasteiger partial charge is 0.493 e. The third-order valence-corrected chi connectivity index (χ3v) is 4.34. The molecule has 120 valence electrons. The van der Waals surface area contributed by atoms with Gasteiger partial charge in [-0.2, -0.15) is 0 Å². The van der Waals surface area contributed by atoms with Crippen molar-refractivity contribution >= 4 is 28.2 Å². The van der Waals surface area contributed by atoms with Crippen molar-refractivity contribution in [3.8, 4) is 11.5 Å². The van der Waals surface area contributed by atoms with E-state index in [9.17, 15) is 4.79 Å². The minimum absolute atomic E-state index is 0.197. The van der Waals surface area contributed by atoms with Crippen molar-refractivity contribution < 1.29 is 9.47 Å². The summed E-state index contributed by atoms with van der Waals surface area (Å²) in [6.07, 6.45) is 0. The summed E-state index contributed by atoms with van der Waals surface area (Å²) in [6.45, 7) is 0.396. The zero-order chi connectivity index (χ0) is 16.4. The van der Waals surface area contributed by atoms with Crippen LogP contribution in [0.3, 0.4) is 0 Å². The van der Waals surface area contributed by atoms with E-state index in [0.29, 0.717) is 34.9 Å². The van der Waals surface area contributed by atoms with Crippen molar-refractivity contribution in [1.82, 2.24) is 9.55 Å². The summed E-state index contributed by atoms with van der Waals surface area (Å²) in [7, 11) is 3.06. The number of fused-ring (bicyclic) bond motifs is 1. The molecule has 3 rings (SSSR count). The summed E-state index contributed by atoms with van der Waals surface area (Å²) in [5.41, 5.74) is 2.78. The Hall–Kier alpha value is -2.58. The van der Waals surface area contributed by atoms with Crippen LogP contribution < -0.4 is 26.3 Å². The van der Waals surface area contributed by atoms with E-state index < -0.39 is 0 Å². The number of thiophene rings is 1. The van der Waals surface area contributed by atoms with Crippen LogP contribution in [-0.2, 0) is 6.54 Å². The van der Waals surface area contributed by atoms with Crippen LogP contribution in [0.4, 0.5) is 5.95 Å². The SMILES string of the molecule is COc1cc2nc(NN)n(Cc3cccs3)c(=O)c2cc1OC. The second kappa shape index (κ2) is 6.27. The Morgan fingerprint density at radius 3 is 2.65 bits per heavy atom. The Kier molecular flexibility index (Phi) is 4.18. The molecule has 0 bridgehead atoms. The minimum atomic E-state index is -0.197. The summed E-state index contributed by atoms with van der Waals surface area (Å²) < 4.78 is 12.0. The predicted octanol–water partition coefficient (Wildman–Crippen LogP) is 1.81. The molecule has 0 saturated heterocycles. The molecule has 2 heterocycles. The summed E-state index contributed by atoms with van der Waals surface area (Å²) in [5.74, 6) is 6.82. The lowest BCUT2D eigenvalue weighted by atomic mass is 10.2. The van der Waals surface area contributed by atoms with Gasteiger partial charge in [0.1, 0.15) is 0 Å². The highest BCUT2D eigenvalue weighted by Gasteiger charge is 2.15. The zero-order valence-electron chi connectivity index (χ0n) is 12.7. The Labute approximate surface area is 136 Å². The highest BCUT2D eigenvalue weighted by Crippen LogP contribution is 2.30. The standard InChI is InChI=1S/C15H16N4O3S/c1-21-12-6-10-11(7-13(12)22-2)17-15(18-16)19(14(10)20)8-9-4-3-5-23-9/h3-7H,8,16H2,1-2H3,(H,17,18). The number of ether oxygens (including phenoxy) is 2. The number of rotatable bonds is 5. The highest BCUT2D eigenvalue weighted by atomic mass is 32.1. The molecular formula is C15H16N4O3S. The highest BCUT2D eigenvalue weighted by molar-refractivity contribution is 7.09. The molecule has 23 heavy (non-hydrogen) atoms. The molecule has 0 aliphatic rings. The molecule has 0 fully saturated rings. The third-order valence-electron chi connectivity index (χ3n) is 3.48. The average Bonchev–Trinajstić information content (AvgIpc) is 3.09. The molecule has 3 N–H and O–H groups in total. The van der Waals surface area contributed by atoms with E-state index in [1.54, 1.807) is 23.5 Å². The van der Waals surface area contributed by atoms with Crippen molar-refractivity contribution in [2.45, 2.75) is 6.54 Å². The summed E-state index contributed by atoms with van der Waals surface area (Å²) in [5, 5.41) is 2.40. The molecule has 0 radical (unpaired) electrons. The maximum absolute atomic E-state index is 12.8. The van der Waals surface area contributed by atoms with Gasteiger partial charge in [0.25, 0.3) is 5.56 Å². The lowest BCUT2D eigenvalue weighted by molar-refractivity contribution is 0.355. The van der Waals surface area contributed by atoms with Gasteiger partial charge in [0.05, 0.1) is 31.7 Å². The van der Waals surface area contributed by atoms with Crippen LogP contribution in [0.5, 0.6) is 11.5 Å². The normalized spacial score (nSPS) is 10.7. The number of nitrogens with one attached hydrogen (secondary N) is 1. The van der Waals surface area contributed by atoms with Crippen LogP contribution in [0, 0.1) is 0 Å². The molecule has 0 atom stereocenters. The topological polar surface area (TPSA) is 91.4 Å². The van der Waals surface area contributed by atoms with Gasteiger partial charge in [0.15, 0.2) is 11.5 Å². The van der Waals surface area contributed by atoms with Gasteiger partial charge in [0.2, 0.25) is 5.95 Å². The van der Waals surface area contributed by atoms with Gasteiger partial charge in [0, 0.05) is 10.9 Å². The van der Waals surface area contributed by atoms with Crippen LogP contribution in [-0.4, -0.2) is 23.8 Å². The lowest BCUT2D eigenvalue weighted by Gasteiger charge is -2.14. The van der Waals surface area contributed by atoms with Crippen LogP contribution in [0.15, 0.2) is 34.4 Å². The predicted molar refractivity (Wildman–Crippen MR) is 90.3 cm³/mol. The first-order valence-electron chi connectivity index (χ1n) is 6.83. The van der Waals surface area contributed by atoms with Crippen molar-refractivity contribution in [2.75, 3.05) is 19.6 Å². The first kappa shape index (κ1) is 15.3. The summed E-state index contributed by atoms with van der Waals surface area (Å²) in [6, 6.07) is 7.18. The minimum Gasteiger partial charge on any atom is -0.493 e. The van der Waals surface area contributed by atoms with Gasteiger partial charge >= 0.3 is 0 Å². The maximum Gasteiger partial charge on any atom is 0.263 e. The van der Waals surface area contributed by atoms with Crippen LogP contribution >= 0.6 is 11.3 Å². The second-order valence-electron chi connectivity index (χ2n) is 4.77. The molecule has 1 aromatic carbocycles. The quantitative estimate of drug-likeness (QED) is 0.547. The number of aromatic nitrogens is 2. The number of benzene rings is 1. The molecule has 2 aromatic heterocycles. The van der Waals surface area contributed by atoms with Crippen molar-refractivity contribution in [1.29, 1.82) is 0 Å². The van der Waals surface area contributed by atoms with Gasteiger partial charge in [-0.15, -0.1) is 11.3 Å². The van der Waals surface area contributed by atoms with Gasteiger partial charge in [-0.25, -0.2) is 10.8 Å². The van der Waals surface area contributed by atoms with Gasteiger partial charge in [-0.05, 0) is 17.5 Å². The first-order chi connectivity index (χ1) is 11.2. The number of nitrogen functional groups attached to an aromatic ring is 1. The molecule has 7 nitrogen and oxygen atoms in total. The molecule has 0 aliphatic carbocycles. The number of nitrogens with zero attached hydrogens (tertiary/aromatic N) is 2. The number of hydrazine groups is 1. The average molecular weight is 332 g/mol. The van der Waals surface area contributed by atoms with E-state index in [4.69, 9.17) is 15.3 Å². The van der Waals surface area contributed by atoms with Crippen molar-refractivity contribution in [2.24, 2.45) is 5.84 Å². The Morgan fingerprint density at radius 1 is 1.30 bits per heavy atom. The van der Waals surface area contributed by atoms with Crippen molar-refractivity contribution in [3.05, 3.63) is 44.9 Å². The van der Waals surface area contributed by atoms with Crippen LogP contribution in [0.2, 0.25) is 0 Å².